The van der Waals surface area contributed by atoms with Crippen LogP contribution in [0.3, 0.4) is 0 Å². The first-order chi connectivity index (χ1) is 6.61. The van der Waals surface area contributed by atoms with Crippen molar-refractivity contribution in [1.82, 2.24) is 10.6 Å². The van der Waals surface area contributed by atoms with Gasteiger partial charge in [-0.2, -0.15) is 11.8 Å². The second kappa shape index (κ2) is 8.12. The fraction of sp³-hybridized carbons (Fsp3) is 0.900. The van der Waals surface area contributed by atoms with Gasteiger partial charge in [0.05, 0.1) is 0 Å². The molecule has 0 radical (unpaired) electrons. The molecular formula is C10H22N2OS. The molecule has 0 aliphatic rings. The number of likely N-dealkylation sites (N-methyl/N-ethyl adjacent to an activating group) is 1. The summed E-state index contributed by atoms with van der Waals surface area (Å²) in [6.45, 7) is 7.75. The predicted octanol–water partition coefficient (Wildman–Crippen LogP) is 1.10. The van der Waals surface area contributed by atoms with Gasteiger partial charge in [0.2, 0.25) is 5.91 Å². The highest BCUT2D eigenvalue weighted by Gasteiger charge is 2.12. The molecule has 0 heterocycles. The highest BCUT2D eigenvalue weighted by Crippen LogP contribution is 2.03. The van der Waals surface area contributed by atoms with Gasteiger partial charge in [-0.15, -0.1) is 0 Å². The Kier molecular flexibility index (Phi) is 7.99. The number of rotatable bonds is 7. The molecule has 4 heteroatoms. The summed E-state index contributed by atoms with van der Waals surface area (Å²) in [6.07, 6.45) is 2.02. The van der Waals surface area contributed by atoms with E-state index in [0.29, 0.717) is 12.6 Å². The van der Waals surface area contributed by atoms with Crippen LogP contribution in [-0.4, -0.2) is 37.0 Å². The van der Waals surface area contributed by atoms with Gasteiger partial charge < -0.3 is 10.6 Å². The maximum Gasteiger partial charge on any atom is 0.223 e. The molecule has 0 aromatic rings. The summed E-state index contributed by atoms with van der Waals surface area (Å²) >= 11 is 1.71. The van der Waals surface area contributed by atoms with Crippen LogP contribution in [0.1, 0.15) is 20.8 Å². The summed E-state index contributed by atoms with van der Waals surface area (Å²) in [7, 11) is 0. The number of thioether (sulfide) groups is 1. The summed E-state index contributed by atoms with van der Waals surface area (Å²) in [5, 5.41) is 6.19. The lowest BCUT2D eigenvalue weighted by molar-refractivity contribution is -0.123. The van der Waals surface area contributed by atoms with Crippen LogP contribution in [0.2, 0.25) is 0 Å². The van der Waals surface area contributed by atoms with Gasteiger partial charge in [-0.25, -0.2) is 0 Å². The molecule has 0 saturated heterocycles. The fourth-order valence-corrected chi connectivity index (χ4v) is 1.83. The molecule has 0 aromatic heterocycles. The summed E-state index contributed by atoms with van der Waals surface area (Å²) in [6, 6.07) is 0.352. The summed E-state index contributed by atoms with van der Waals surface area (Å²) in [5.41, 5.74) is 0. The van der Waals surface area contributed by atoms with Crippen LogP contribution >= 0.6 is 11.8 Å². The van der Waals surface area contributed by atoms with Gasteiger partial charge in [-0.05, 0) is 19.7 Å². The standard InChI is InChI=1S/C10H22N2OS/c1-5-11-9(3)6-12-10(13)8(2)7-14-4/h8-9,11H,5-7H2,1-4H3,(H,12,13)/t8?,9-/m1/s1. The molecule has 14 heavy (non-hydrogen) atoms. The summed E-state index contributed by atoms with van der Waals surface area (Å²) < 4.78 is 0. The Morgan fingerprint density at radius 2 is 2.07 bits per heavy atom. The quantitative estimate of drug-likeness (QED) is 0.672. The van der Waals surface area contributed by atoms with Crippen LogP contribution < -0.4 is 10.6 Å². The Bertz CT molecular complexity index is 164. The average Bonchev–Trinajstić information content (AvgIpc) is 2.15. The third kappa shape index (κ3) is 6.27. The molecule has 2 atom stereocenters. The smallest absolute Gasteiger partial charge is 0.223 e. The maximum atomic E-state index is 11.5. The molecule has 0 saturated carbocycles. The Morgan fingerprint density at radius 1 is 1.43 bits per heavy atom. The molecule has 1 amide bonds. The number of amides is 1. The van der Waals surface area contributed by atoms with Crippen molar-refractivity contribution in [3.8, 4) is 0 Å². The molecule has 0 bridgehead atoms. The Hall–Kier alpha value is -0.220. The minimum atomic E-state index is 0.110. The van der Waals surface area contributed by atoms with Crippen LogP contribution in [-0.2, 0) is 4.79 Å². The Morgan fingerprint density at radius 3 is 2.57 bits per heavy atom. The van der Waals surface area contributed by atoms with Gasteiger partial charge in [0, 0.05) is 24.3 Å². The minimum absolute atomic E-state index is 0.110. The van der Waals surface area contributed by atoms with Gasteiger partial charge in [0.1, 0.15) is 0 Å². The number of hydrogen-bond donors (Lipinski definition) is 2. The molecule has 0 aromatic carbocycles. The first kappa shape index (κ1) is 13.8. The van der Waals surface area contributed by atoms with E-state index in [1.807, 2.05) is 13.2 Å². The van der Waals surface area contributed by atoms with E-state index in [1.54, 1.807) is 11.8 Å². The van der Waals surface area contributed by atoms with E-state index < -0.39 is 0 Å². The third-order valence-electron chi connectivity index (χ3n) is 2.00. The molecule has 84 valence electrons. The summed E-state index contributed by atoms with van der Waals surface area (Å²) in [4.78, 5) is 11.5. The molecule has 0 rings (SSSR count). The van der Waals surface area contributed by atoms with E-state index in [1.165, 1.54) is 0 Å². The van der Waals surface area contributed by atoms with Gasteiger partial charge in [0.15, 0.2) is 0 Å². The molecule has 0 fully saturated rings. The molecule has 1 unspecified atom stereocenters. The zero-order valence-corrected chi connectivity index (χ0v) is 10.4. The van der Waals surface area contributed by atoms with Gasteiger partial charge in [-0.1, -0.05) is 13.8 Å². The second-order valence-corrected chi connectivity index (χ2v) is 4.47. The van der Waals surface area contributed by atoms with E-state index in [4.69, 9.17) is 0 Å². The Balaban J connectivity index is 3.61. The first-order valence-corrected chi connectivity index (χ1v) is 6.51. The normalized spacial score (nSPS) is 14.9. The second-order valence-electron chi connectivity index (χ2n) is 3.56. The van der Waals surface area contributed by atoms with Gasteiger partial charge >= 0.3 is 0 Å². The van der Waals surface area contributed by atoms with Crippen LogP contribution in [0, 0.1) is 5.92 Å². The molecule has 2 N–H and O–H groups in total. The largest absolute Gasteiger partial charge is 0.354 e. The molecule has 0 aliphatic carbocycles. The van der Waals surface area contributed by atoms with E-state index in [2.05, 4.69) is 24.5 Å². The highest BCUT2D eigenvalue weighted by atomic mass is 32.2. The van der Waals surface area contributed by atoms with Crippen molar-refractivity contribution in [3.05, 3.63) is 0 Å². The lowest BCUT2D eigenvalue weighted by atomic mass is 10.2. The van der Waals surface area contributed by atoms with Crippen molar-refractivity contribution in [3.63, 3.8) is 0 Å². The van der Waals surface area contributed by atoms with Crippen LogP contribution in [0.4, 0.5) is 0 Å². The lowest BCUT2D eigenvalue weighted by Gasteiger charge is -2.15. The zero-order valence-electron chi connectivity index (χ0n) is 9.59. The van der Waals surface area contributed by atoms with Crippen molar-refractivity contribution in [2.45, 2.75) is 26.8 Å². The lowest BCUT2D eigenvalue weighted by Crippen LogP contribution is -2.41. The monoisotopic (exact) mass is 218 g/mol. The maximum absolute atomic E-state index is 11.5. The first-order valence-electron chi connectivity index (χ1n) is 5.11. The van der Waals surface area contributed by atoms with Crippen molar-refractivity contribution in [2.75, 3.05) is 25.1 Å². The van der Waals surface area contributed by atoms with Crippen molar-refractivity contribution >= 4 is 17.7 Å². The number of nitrogens with one attached hydrogen (secondary N) is 2. The average molecular weight is 218 g/mol. The Labute approximate surface area is 91.4 Å². The minimum Gasteiger partial charge on any atom is -0.354 e. The molecule has 3 nitrogen and oxygen atoms in total. The van der Waals surface area contributed by atoms with E-state index >= 15 is 0 Å². The van der Waals surface area contributed by atoms with E-state index in [-0.39, 0.29) is 11.8 Å². The topological polar surface area (TPSA) is 41.1 Å². The molecule has 0 spiro atoms. The van der Waals surface area contributed by atoms with Crippen LogP contribution in [0.5, 0.6) is 0 Å². The van der Waals surface area contributed by atoms with E-state index in [0.717, 1.165) is 12.3 Å². The van der Waals surface area contributed by atoms with Gasteiger partial charge in [0.25, 0.3) is 0 Å². The van der Waals surface area contributed by atoms with Crippen molar-refractivity contribution < 1.29 is 4.79 Å². The summed E-state index contributed by atoms with van der Waals surface area (Å²) in [5.74, 6) is 1.16. The highest BCUT2D eigenvalue weighted by molar-refractivity contribution is 7.98. The van der Waals surface area contributed by atoms with Crippen molar-refractivity contribution in [1.29, 1.82) is 0 Å². The van der Waals surface area contributed by atoms with Crippen LogP contribution in [0.15, 0.2) is 0 Å². The number of carbonyl (C=O) groups excluding carboxylic acids is 1. The molecule has 0 aliphatic heterocycles. The third-order valence-corrected chi connectivity index (χ3v) is 2.83. The fourth-order valence-electron chi connectivity index (χ4n) is 1.17. The van der Waals surface area contributed by atoms with Crippen molar-refractivity contribution in [2.24, 2.45) is 5.92 Å². The van der Waals surface area contributed by atoms with Crippen LogP contribution in [0.25, 0.3) is 0 Å². The number of carbonyl (C=O) groups is 1. The predicted molar refractivity (Wildman–Crippen MR) is 63.7 cm³/mol. The van der Waals surface area contributed by atoms with Gasteiger partial charge in [-0.3, -0.25) is 4.79 Å². The SMILES string of the molecule is CCN[C@H](C)CNC(=O)C(C)CSC. The molecular weight excluding hydrogens is 196 g/mol. The van der Waals surface area contributed by atoms with E-state index in [9.17, 15) is 4.79 Å². The zero-order chi connectivity index (χ0) is 11.0. The number of hydrogen-bond acceptors (Lipinski definition) is 3.